The highest BCUT2D eigenvalue weighted by molar-refractivity contribution is 6.09. The predicted octanol–water partition coefficient (Wildman–Crippen LogP) is 2.75. The summed E-state index contributed by atoms with van der Waals surface area (Å²) in [5, 5.41) is 18.2. The zero-order chi connectivity index (χ0) is 27.3. The van der Waals surface area contributed by atoms with Crippen LogP contribution in [0.5, 0.6) is 0 Å². The number of benzene rings is 3. The van der Waals surface area contributed by atoms with Gasteiger partial charge >= 0.3 is 12.0 Å². The second-order valence-electron chi connectivity index (χ2n) is 9.05. The van der Waals surface area contributed by atoms with E-state index < -0.39 is 41.9 Å². The van der Waals surface area contributed by atoms with Gasteiger partial charge in [-0.25, -0.2) is 4.79 Å². The zero-order valence-corrected chi connectivity index (χ0v) is 20.6. The van der Waals surface area contributed by atoms with Gasteiger partial charge in [-0.15, -0.1) is 0 Å². The molecule has 4 amide bonds. The maximum atomic E-state index is 13.2. The van der Waals surface area contributed by atoms with Crippen molar-refractivity contribution in [3.8, 4) is 11.1 Å². The second-order valence-corrected chi connectivity index (χ2v) is 9.05. The number of nitrogens with one attached hydrogen (secondary N) is 2. The number of rotatable bonds is 9. The maximum absolute atomic E-state index is 13.2. The highest BCUT2D eigenvalue weighted by Crippen LogP contribution is 2.29. The summed E-state index contributed by atoms with van der Waals surface area (Å²) in [7, 11) is 0. The van der Waals surface area contributed by atoms with Crippen LogP contribution in [0.15, 0.2) is 84.0 Å². The molecule has 1 heterocycles. The first-order valence-corrected chi connectivity index (χ1v) is 11.9. The number of hydrazone groups is 1. The van der Waals surface area contributed by atoms with E-state index in [1.807, 2.05) is 42.5 Å². The Kier molecular flexibility index (Phi) is 7.52. The molecule has 0 radical (unpaired) electrons. The SMILES string of the molecule is CC1(c2ccc(/C=N/N)cc2)NC(=O)N(CC(=O)NC(CC(=O)O)c2ccc(-c3ccccc3)cc2)C1=O. The summed E-state index contributed by atoms with van der Waals surface area (Å²) in [4.78, 5) is 51.1. The fourth-order valence-corrected chi connectivity index (χ4v) is 4.37. The molecule has 1 saturated heterocycles. The minimum atomic E-state index is -1.37. The number of amides is 4. The first-order valence-electron chi connectivity index (χ1n) is 11.9. The van der Waals surface area contributed by atoms with Crippen LogP contribution in [-0.2, 0) is 19.9 Å². The van der Waals surface area contributed by atoms with E-state index in [0.717, 1.165) is 16.0 Å². The van der Waals surface area contributed by atoms with Gasteiger partial charge < -0.3 is 21.6 Å². The second kappa shape index (κ2) is 11.0. The van der Waals surface area contributed by atoms with Gasteiger partial charge in [0.25, 0.3) is 5.91 Å². The lowest BCUT2D eigenvalue weighted by molar-refractivity contribution is -0.138. The van der Waals surface area contributed by atoms with Crippen LogP contribution >= 0.6 is 0 Å². The Hall–Kier alpha value is -4.99. The molecule has 10 heteroatoms. The smallest absolute Gasteiger partial charge is 0.325 e. The number of imide groups is 1. The molecule has 0 aliphatic carbocycles. The van der Waals surface area contributed by atoms with Crippen molar-refractivity contribution in [1.29, 1.82) is 0 Å². The van der Waals surface area contributed by atoms with E-state index in [4.69, 9.17) is 5.84 Å². The van der Waals surface area contributed by atoms with Crippen LogP contribution in [0.1, 0.15) is 36.1 Å². The number of urea groups is 1. The Bertz CT molecular complexity index is 1370. The van der Waals surface area contributed by atoms with Crippen LogP contribution in [0.3, 0.4) is 0 Å². The van der Waals surface area contributed by atoms with Gasteiger partial charge in [0.2, 0.25) is 5.91 Å². The average molecular weight is 514 g/mol. The Morgan fingerprint density at radius 1 is 1.03 bits per heavy atom. The highest BCUT2D eigenvalue weighted by Gasteiger charge is 2.49. The van der Waals surface area contributed by atoms with Crippen molar-refractivity contribution >= 4 is 30.0 Å². The Balaban J connectivity index is 1.47. The van der Waals surface area contributed by atoms with E-state index in [1.54, 1.807) is 43.3 Å². The maximum Gasteiger partial charge on any atom is 0.325 e. The third-order valence-electron chi connectivity index (χ3n) is 6.42. The Morgan fingerprint density at radius 2 is 1.66 bits per heavy atom. The summed E-state index contributed by atoms with van der Waals surface area (Å²) in [5.74, 6) is 2.80. The van der Waals surface area contributed by atoms with Gasteiger partial charge in [0.15, 0.2) is 0 Å². The van der Waals surface area contributed by atoms with Gasteiger partial charge in [0.1, 0.15) is 12.1 Å². The van der Waals surface area contributed by atoms with E-state index in [0.29, 0.717) is 16.7 Å². The van der Waals surface area contributed by atoms with Gasteiger partial charge in [0.05, 0.1) is 18.7 Å². The van der Waals surface area contributed by atoms with Gasteiger partial charge in [-0.3, -0.25) is 19.3 Å². The Morgan fingerprint density at radius 3 is 2.26 bits per heavy atom. The number of hydrogen-bond acceptors (Lipinski definition) is 6. The van der Waals surface area contributed by atoms with E-state index in [9.17, 15) is 24.3 Å². The zero-order valence-electron chi connectivity index (χ0n) is 20.6. The van der Waals surface area contributed by atoms with Crippen LogP contribution in [0.4, 0.5) is 4.79 Å². The third-order valence-corrected chi connectivity index (χ3v) is 6.42. The molecule has 1 aliphatic heterocycles. The van der Waals surface area contributed by atoms with E-state index in [1.165, 1.54) is 6.21 Å². The molecule has 1 fully saturated rings. The largest absolute Gasteiger partial charge is 0.481 e. The summed E-state index contributed by atoms with van der Waals surface area (Å²) in [6, 6.07) is 22.0. The standard InChI is InChI=1S/C28H27N5O5/c1-28(22-13-7-18(8-14-22)16-30-29)26(37)33(27(38)32-28)17-24(34)31-23(15-25(35)36)21-11-9-20(10-12-21)19-5-3-2-4-6-19/h2-14,16,23H,15,17,29H2,1H3,(H,31,34)(H,32,38)(H,35,36)/b30-16+. The van der Waals surface area contributed by atoms with Crippen molar-refractivity contribution < 1.29 is 24.3 Å². The first kappa shape index (κ1) is 26.1. The van der Waals surface area contributed by atoms with Crippen molar-refractivity contribution in [3.05, 3.63) is 95.6 Å². The highest BCUT2D eigenvalue weighted by atomic mass is 16.4. The number of carboxylic acid groups (broad SMARTS) is 1. The topological polar surface area (TPSA) is 154 Å². The molecule has 5 N–H and O–H groups in total. The number of carbonyl (C=O) groups excluding carboxylic acids is 3. The summed E-state index contributed by atoms with van der Waals surface area (Å²) in [6.45, 7) is 0.995. The van der Waals surface area contributed by atoms with Crippen molar-refractivity contribution in [2.45, 2.75) is 24.9 Å². The van der Waals surface area contributed by atoms with Gasteiger partial charge in [-0.1, -0.05) is 78.9 Å². The van der Waals surface area contributed by atoms with Crippen molar-refractivity contribution in [2.24, 2.45) is 10.9 Å². The van der Waals surface area contributed by atoms with E-state index >= 15 is 0 Å². The van der Waals surface area contributed by atoms with Gasteiger partial charge in [-0.2, -0.15) is 5.10 Å². The van der Waals surface area contributed by atoms with Crippen LogP contribution in [-0.4, -0.2) is 46.6 Å². The molecule has 2 unspecified atom stereocenters. The molecule has 3 aromatic carbocycles. The summed E-state index contributed by atoms with van der Waals surface area (Å²) in [6.07, 6.45) is 1.08. The lowest BCUT2D eigenvalue weighted by Crippen LogP contribution is -2.44. The fraction of sp³-hybridized carbons (Fsp3) is 0.179. The molecule has 0 bridgehead atoms. The lowest BCUT2D eigenvalue weighted by atomic mass is 9.91. The number of nitrogens with zero attached hydrogens (tertiary/aromatic N) is 2. The van der Waals surface area contributed by atoms with Gasteiger partial charge in [-0.05, 0) is 34.7 Å². The summed E-state index contributed by atoms with van der Waals surface area (Å²) >= 11 is 0. The first-order chi connectivity index (χ1) is 18.2. The Labute approximate surface area is 219 Å². The number of carboxylic acids is 1. The average Bonchev–Trinajstić information content (AvgIpc) is 3.13. The van der Waals surface area contributed by atoms with Crippen LogP contribution < -0.4 is 16.5 Å². The van der Waals surface area contributed by atoms with Crippen molar-refractivity contribution in [1.82, 2.24) is 15.5 Å². The monoisotopic (exact) mass is 513 g/mol. The predicted molar refractivity (Wildman–Crippen MR) is 141 cm³/mol. The fourth-order valence-electron chi connectivity index (χ4n) is 4.37. The minimum Gasteiger partial charge on any atom is -0.481 e. The summed E-state index contributed by atoms with van der Waals surface area (Å²) < 4.78 is 0. The molecule has 10 nitrogen and oxygen atoms in total. The molecule has 3 aromatic rings. The number of aliphatic carboxylic acids is 1. The molecule has 0 spiro atoms. The normalized spacial score (nSPS) is 17.9. The quantitative estimate of drug-likeness (QED) is 0.149. The summed E-state index contributed by atoms with van der Waals surface area (Å²) in [5.41, 5.74) is 2.40. The molecular formula is C28H27N5O5. The van der Waals surface area contributed by atoms with Gasteiger partial charge in [0, 0.05) is 0 Å². The van der Waals surface area contributed by atoms with Crippen LogP contribution in [0.25, 0.3) is 11.1 Å². The lowest BCUT2D eigenvalue weighted by Gasteiger charge is -2.23. The molecule has 38 heavy (non-hydrogen) atoms. The van der Waals surface area contributed by atoms with Crippen molar-refractivity contribution in [3.63, 3.8) is 0 Å². The van der Waals surface area contributed by atoms with E-state index in [2.05, 4.69) is 15.7 Å². The molecule has 1 aliphatic rings. The third kappa shape index (κ3) is 5.54. The number of hydrogen-bond donors (Lipinski definition) is 4. The molecular weight excluding hydrogens is 486 g/mol. The number of carbonyl (C=O) groups is 4. The van der Waals surface area contributed by atoms with Crippen LogP contribution in [0, 0.1) is 0 Å². The molecule has 0 aromatic heterocycles. The number of nitrogens with two attached hydrogens (primary N) is 1. The molecule has 2 atom stereocenters. The van der Waals surface area contributed by atoms with E-state index in [-0.39, 0.29) is 6.42 Å². The van der Waals surface area contributed by atoms with Crippen molar-refractivity contribution in [2.75, 3.05) is 6.54 Å². The van der Waals surface area contributed by atoms with Crippen LogP contribution in [0.2, 0.25) is 0 Å². The molecule has 194 valence electrons. The minimum absolute atomic E-state index is 0.368. The molecule has 4 rings (SSSR count). The molecule has 0 saturated carbocycles.